The molecule has 2 amide bonds. The lowest BCUT2D eigenvalue weighted by molar-refractivity contribution is -0.275. The predicted octanol–water partition coefficient (Wildman–Crippen LogP) is 5.74. The zero-order chi connectivity index (χ0) is 29.3. The first-order chi connectivity index (χ1) is 18.0. The zero-order valence-electron chi connectivity index (χ0n) is 19.6. The van der Waals surface area contributed by atoms with Gasteiger partial charge in [-0.3, -0.25) is 14.6 Å². The number of alkyl halides is 6. The molecule has 39 heavy (non-hydrogen) atoms. The molecule has 0 aliphatic heterocycles. The van der Waals surface area contributed by atoms with Crippen LogP contribution in [-0.2, 0) is 6.18 Å². The van der Waals surface area contributed by atoms with E-state index < -0.39 is 75.7 Å². The Hall–Kier alpha value is -4.63. The number of pyridine rings is 1. The average molecular weight is 565 g/mol. The zero-order valence-corrected chi connectivity index (χ0v) is 19.6. The molecule has 0 radical (unpaired) electrons. The molecule has 3 rings (SSSR count). The molecule has 1 aromatic heterocycles. The number of rotatable bonds is 7. The van der Waals surface area contributed by atoms with Crippen LogP contribution < -0.4 is 25.3 Å². The summed E-state index contributed by atoms with van der Waals surface area (Å²) < 4.78 is 122. The van der Waals surface area contributed by atoms with Gasteiger partial charge in [0.05, 0.1) is 12.7 Å². The molecule has 0 spiro atoms. The van der Waals surface area contributed by atoms with Gasteiger partial charge in [-0.25, -0.2) is 4.39 Å². The van der Waals surface area contributed by atoms with Crippen LogP contribution in [0.3, 0.4) is 0 Å². The van der Waals surface area contributed by atoms with Crippen molar-refractivity contribution in [2.45, 2.75) is 19.5 Å². The van der Waals surface area contributed by atoms with Crippen molar-refractivity contribution in [1.82, 2.24) is 4.98 Å². The molecule has 0 saturated carbocycles. The second-order valence-electron chi connectivity index (χ2n) is 7.54. The number of hydrogen-bond donors (Lipinski definition) is 2. The standard InChI is InChI=1S/C23H15F8N3O5/c1-9-11(22(26,27)28)8-15(38-14-4-3-13(39-23(29,30)31)18(25)19(14)37-2)16(17(9)24)21(36)34-10-5-6-33-12(7-10)20(32)35/h3-8H,1-2H3,(H2,32,35)(H,33,34,36). The third-order valence-electron chi connectivity index (χ3n) is 4.95. The van der Waals surface area contributed by atoms with Gasteiger partial charge in [0.15, 0.2) is 11.5 Å². The van der Waals surface area contributed by atoms with Crippen LogP contribution in [0.2, 0.25) is 0 Å². The summed E-state index contributed by atoms with van der Waals surface area (Å²) in [6.45, 7) is 0.736. The molecule has 0 atom stereocenters. The lowest BCUT2D eigenvalue weighted by Crippen LogP contribution is -2.20. The summed E-state index contributed by atoms with van der Waals surface area (Å²) >= 11 is 0. The molecule has 0 aliphatic carbocycles. The first-order valence-corrected chi connectivity index (χ1v) is 10.3. The normalized spacial score (nSPS) is 11.6. The number of nitrogens with two attached hydrogens (primary N) is 1. The second kappa shape index (κ2) is 10.6. The fraction of sp³-hybridized carbons (Fsp3) is 0.174. The van der Waals surface area contributed by atoms with Crippen LogP contribution in [0.5, 0.6) is 23.0 Å². The van der Waals surface area contributed by atoms with E-state index in [1.807, 2.05) is 0 Å². The van der Waals surface area contributed by atoms with Crippen molar-refractivity contribution < 1.29 is 58.9 Å². The van der Waals surface area contributed by atoms with Gasteiger partial charge in [-0.1, -0.05) is 0 Å². The van der Waals surface area contributed by atoms with E-state index in [1.165, 1.54) is 0 Å². The van der Waals surface area contributed by atoms with E-state index in [4.69, 9.17) is 10.5 Å². The Kier molecular flexibility index (Phi) is 7.88. The highest BCUT2D eigenvalue weighted by Crippen LogP contribution is 2.43. The number of methoxy groups -OCH3 is 1. The number of nitrogens with one attached hydrogen (secondary N) is 1. The molecule has 0 fully saturated rings. The lowest BCUT2D eigenvalue weighted by Gasteiger charge is -2.20. The van der Waals surface area contributed by atoms with E-state index in [0.717, 1.165) is 32.4 Å². The van der Waals surface area contributed by atoms with Crippen LogP contribution in [-0.4, -0.2) is 30.3 Å². The Balaban J connectivity index is 2.15. The molecule has 3 N–H and O–H groups in total. The number of benzene rings is 2. The second-order valence-corrected chi connectivity index (χ2v) is 7.54. The number of ether oxygens (including phenoxy) is 3. The molecule has 3 aromatic rings. The minimum atomic E-state index is -5.30. The molecule has 208 valence electrons. The summed E-state index contributed by atoms with van der Waals surface area (Å²) in [5.74, 6) is -10.1. The molecule has 0 bridgehead atoms. The first kappa shape index (κ1) is 28.9. The largest absolute Gasteiger partial charge is 0.573 e. The smallest absolute Gasteiger partial charge is 0.490 e. The molecular formula is C23H15F8N3O5. The summed E-state index contributed by atoms with van der Waals surface area (Å²) in [6.07, 6.45) is -9.39. The highest BCUT2D eigenvalue weighted by Gasteiger charge is 2.38. The molecule has 16 heteroatoms. The molecule has 1 heterocycles. The number of aromatic nitrogens is 1. The first-order valence-electron chi connectivity index (χ1n) is 10.3. The summed E-state index contributed by atoms with van der Waals surface area (Å²) in [5.41, 5.74) is 0.964. The van der Waals surface area contributed by atoms with Crippen LogP contribution in [0.25, 0.3) is 0 Å². The summed E-state index contributed by atoms with van der Waals surface area (Å²) in [7, 11) is 0.799. The van der Waals surface area contributed by atoms with Gasteiger partial charge in [0.2, 0.25) is 11.6 Å². The fourth-order valence-corrected chi connectivity index (χ4v) is 3.26. The minimum Gasteiger partial charge on any atom is -0.490 e. The number of carbonyl (C=O) groups excluding carboxylic acids is 2. The Labute approximate surface area is 213 Å². The molecule has 0 aliphatic rings. The van der Waals surface area contributed by atoms with Crippen molar-refractivity contribution >= 4 is 17.5 Å². The predicted molar refractivity (Wildman–Crippen MR) is 117 cm³/mol. The van der Waals surface area contributed by atoms with Gasteiger partial charge < -0.3 is 25.3 Å². The van der Waals surface area contributed by atoms with E-state index in [-0.39, 0.29) is 17.4 Å². The summed E-state index contributed by atoms with van der Waals surface area (Å²) in [4.78, 5) is 27.9. The van der Waals surface area contributed by atoms with Crippen molar-refractivity contribution in [3.05, 3.63) is 70.5 Å². The highest BCUT2D eigenvalue weighted by atomic mass is 19.4. The van der Waals surface area contributed by atoms with Crippen LogP contribution >= 0.6 is 0 Å². The van der Waals surface area contributed by atoms with Crippen molar-refractivity contribution in [2.75, 3.05) is 12.4 Å². The van der Waals surface area contributed by atoms with E-state index in [1.54, 1.807) is 0 Å². The van der Waals surface area contributed by atoms with Crippen molar-refractivity contribution in [3.8, 4) is 23.0 Å². The molecule has 8 nitrogen and oxygen atoms in total. The van der Waals surface area contributed by atoms with Gasteiger partial charge in [-0.15, -0.1) is 13.2 Å². The monoisotopic (exact) mass is 565 g/mol. The van der Waals surface area contributed by atoms with Gasteiger partial charge >= 0.3 is 12.5 Å². The molecular weight excluding hydrogens is 550 g/mol. The molecule has 0 unspecified atom stereocenters. The summed E-state index contributed by atoms with van der Waals surface area (Å²) in [5, 5.41) is 2.14. The van der Waals surface area contributed by atoms with Gasteiger partial charge in [-0.2, -0.15) is 17.6 Å². The third kappa shape index (κ3) is 6.45. The number of halogens is 8. The number of primary amides is 1. The fourth-order valence-electron chi connectivity index (χ4n) is 3.26. The number of hydrogen-bond acceptors (Lipinski definition) is 6. The Morgan fingerprint density at radius 1 is 0.949 bits per heavy atom. The minimum absolute atomic E-state index is 0.163. The van der Waals surface area contributed by atoms with E-state index >= 15 is 4.39 Å². The van der Waals surface area contributed by atoms with Gasteiger partial charge in [-0.05, 0) is 42.8 Å². The van der Waals surface area contributed by atoms with Gasteiger partial charge in [0.25, 0.3) is 11.8 Å². The Bertz CT molecular complexity index is 1440. The van der Waals surface area contributed by atoms with E-state index in [0.29, 0.717) is 12.1 Å². The van der Waals surface area contributed by atoms with Crippen LogP contribution in [0, 0.1) is 18.6 Å². The highest BCUT2D eigenvalue weighted by molar-refractivity contribution is 6.07. The lowest BCUT2D eigenvalue weighted by atomic mass is 10.0. The maximum atomic E-state index is 15.3. The van der Waals surface area contributed by atoms with Crippen molar-refractivity contribution in [2.24, 2.45) is 5.73 Å². The Morgan fingerprint density at radius 2 is 1.59 bits per heavy atom. The number of nitrogens with zero attached hydrogens (tertiary/aromatic N) is 1. The maximum Gasteiger partial charge on any atom is 0.573 e. The van der Waals surface area contributed by atoms with Crippen LogP contribution in [0.15, 0.2) is 36.5 Å². The molecule has 2 aromatic carbocycles. The van der Waals surface area contributed by atoms with Crippen molar-refractivity contribution in [3.63, 3.8) is 0 Å². The molecule has 0 saturated heterocycles. The van der Waals surface area contributed by atoms with Crippen LogP contribution in [0.4, 0.5) is 40.8 Å². The average Bonchev–Trinajstić information content (AvgIpc) is 2.82. The number of amides is 2. The quantitative estimate of drug-likeness (QED) is 0.354. The van der Waals surface area contributed by atoms with E-state index in [9.17, 15) is 40.3 Å². The van der Waals surface area contributed by atoms with Crippen molar-refractivity contribution in [1.29, 1.82) is 0 Å². The van der Waals surface area contributed by atoms with E-state index in [2.05, 4.69) is 19.8 Å². The Morgan fingerprint density at radius 3 is 2.15 bits per heavy atom. The maximum absolute atomic E-state index is 15.3. The summed E-state index contributed by atoms with van der Waals surface area (Å²) in [6, 6.07) is 3.45. The number of carbonyl (C=O) groups is 2. The third-order valence-corrected chi connectivity index (χ3v) is 4.95. The van der Waals surface area contributed by atoms with Gasteiger partial charge in [0, 0.05) is 11.9 Å². The van der Waals surface area contributed by atoms with Crippen LogP contribution in [0.1, 0.15) is 32.0 Å². The van der Waals surface area contributed by atoms with Gasteiger partial charge in [0.1, 0.15) is 22.8 Å². The SMILES string of the molecule is COc1c(Oc2cc(C(F)(F)F)c(C)c(F)c2C(=O)Nc2ccnc(C(N)=O)c2)ccc(OC(F)(F)F)c1F. The topological polar surface area (TPSA) is 113 Å². The number of anilines is 1.